The van der Waals surface area contributed by atoms with E-state index in [1.54, 1.807) is 6.20 Å². The number of rotatable bonds is 5. The molecule has 1 aliphatic rings. The Bertz CT molecular complexity index is 772. The number of carbonyl (C=O) groups is 1. The predicted octanol–water partition coefficient (Wildman–Crippen LogP) is 4.37. The third-order valence-electron chi connectivity index (χ3n) is 4.37. The quantitative estimate of drug-likeness (QED) is 0.791. The van der Waals surface area contributed by atoms with E-state index in [1.807, 2.05) is 36.9 Å². The van der Waals surface area contributed by atoms with E-state index in [1.165, 1.54) is 11.3 Å². The first-order chi connectivity index (χ1) is 12.5. The van der Waals surface area contributed by atoms with Crippen LogP contribution in [0.5, 0.6) is 0 Å². The Hall–Kier alpha value is -1.50. The van der Waals surface area contributed by atoms with Crippen molar-refractivity contribution >= 4 is 51.8 Å². The van der Waals surface area contributed by atoms with E-state index in [0.29, 0.717) is 29.1 Å². The molecule has 0 radical (unpaired) electrons. The summed E-state index contributed by atoms with van der Waals surface area (Å²) in [7, 11) is 0. The standard InChI is InChI=1S/C18H22Cl2N4OS/c1-12(2)17(25)24-8-6-23(7-9-24)16-14(19)4-3-5-15(16)21-10-13-11-22-18(20)26-13/h3-5,11-12,21H,6-10H2,1-2H3. The van der Waals surface area contributed by atoms with Crippen LogP contribution < -0.4 is 10.2 Å². The summed E-state index contributed by atoms with van der Waals surface area (Å²) in [6.45, 7) is 7.49. The Balaban J connectivity index is 1.70. The van der Waals surface area contributed by atoms with Crippen LogP contribution in [0, 0.1) is 5.92 Å². The number of para-hydroxylation sites is 1. The zero-order chi connectivity index (χ0) is 18.7. The van der Waals surface area contributed by atoms with Crippen molar-refractivity contribution in [3.8, 4) is 0 Å². The number of piperazine rings is 1. The second kappa shape index (κ2) is 8.46. The minimum absolute atomic E-state index is 0.0327. The Morgan fingerprint density at radius 3 is 2.62 bits per heavy atom. The molecule has 1 fully saturated rings. The van der Waals surface area contributed by atoms with E-state index in [-0.39, 0.29) is 11.8 Å². The fourth-order valence-corrected chi connectivity index (χ4v) is 4.25. The van der Waals surface area contributed by atoms with E-state index < -0.39 is 0 Å². The van der Waals surface area contributed by atoms with Crippen molar-refractivity contribution in [1.82, 2.24) is 9.88 Å². The number of thiazole rings is 1. The highest BCUT2D eigenvalue weighted by molar-refractivity contribution is 7.15. The van der Waals surface area contributed by atoms with Crippen LogP contribution in [0.2, 0.25) is 9.49 Å². The second-order valence-electron chi connectivity index (χ2n) is 6.54. The smallest absolute Gasteiger partial charge is 0.225 e. The highest BCUT2D eigenvalue weighted by atomic mass is 35.5. The molecule has 0 spiro atoms. The van der Waals surface area contributed by atoms with Crippen LogP contribution in [0.1, 0.15) is 18.7 Å². The Morgan fingerprint density at radius 2 is 2.00 bits per heavy atom. The molecule has 1 aromatic carbocycles. The third-order valence-corrected chi connectivity index (χ3v) is 5.79. The molecule has 2 heterocycles. The van der Waals surface area contributed by atoms with Crippen LogP contribution in [-0.4, -0.2) is 42.0 Å². The van der Waals surface area contributed by atoms with Crippen molar-refractivity contribution in [1.29, 1.82) is 0 Å². The van der Waals surface area contributed by atoms with Crippen molar-refractivity contribution in [2.24, 2.45) is 5.92 Å². The van der Waals surface area contributed by atoms with Crippen LogP contribution in [-0.2, 0) is 11.3 Å². The monoisotopic (exact) mass is 412 g/mol. The third kappa shape index (κ3) is 4.42. The molecule has 2 aromatic rings. The molecule has 3 rings (SSSR count). The van der Waals surface area contributed by atoms with Crippen molar-refractivity contribution in [2.75, 3.05) is 36.4 Å². The number of amides is 1. The minimum atomic E-state index is 0.0327. The SMILES string of the molecule is CC(C)C(=O)N1CCN(c2c(Cl)cccc2NCc2cnc(Cl)s2)CC1. The summed E-state index contributed by atoms with van der Waals surface area (Å²) >= 11 is 13.9. The Kier molecular flexibility index (Phi) is 6.27. The molecule has 1 amide bonds. The molecule has 0 aliphatic carbocycles. The van der Waals surface area contributed by atoms with Gasteiger partial charge in [0.1, 0.15) is 0 Å². The van der Waals surface area contributed by atoms with Crippen LogP contribution in [0.25, 0.3) is 0 Å². The van der Waals surface area contributed by atoms with Gasteiger partial charge in [-0.25, -0.2) is 4.98 Å². The van der Waals surface area contributed by atoms with Gasteiger partial charge in [-0.05, 0) is 12.1 Å². The van der Waals surface area contributed by atoms with Crippen LogP contribution >= 0.6 is 34.5 Å². The lowest BCUT2D eigenvalue weighted by atomic mass is 10.1. The van der Waals surface area contributed by atoms with Gasteiger partial charge in [-0.2, -0.15) is 0 Å². The maximum absolute atomic E-state index is 12.2. The van der Waals surface area contributed by atoms with Gasteiger partial charge in [-0.15, -0.1) is 11.3 Å². The molecule has 140 valence electrons. The first-order valence-corrected chi connectivity index (χ1v) is 10.2. The van der Waals surface area contributed by atoms with Gasteiger partial charge < -0.3 is 15.1 Å². The molecule has 1 N–H and O–H groups in total. The van der Waals surface area contributed by atoms with Crippen LogP contribution in [0.4, 0.5) is 11.4 Å². The maximum Gasteiger partial charge on any atom is 0.225 e. The summed E-state index contributed by atoms with van der Waals surface area (Å²) in [4.78, 5) is 21.5. The topological polar surface area (TPSA) is 48.5 Å². The van der Waals surface area contributed by atoms with Crippen molar-refractivity contribution in [3.63, 3.8) is 0 Å². The number of hydrogen-bond acceptors (Lipinski definition) is 5. The largest absolute Gasteiger partial charge is 0.378 e. The van der Waals surface area contributed by atoms with Gasteiger partial charge in [0.2, 0.25) is 5.91 Å². The van der Waals surface area contributed by atoms with Gasteiger partial charge in [-0.3, -0.25) is 4.79 Å². The highest BCUT2D eigenvalue weighted by Gasteiger charge is 2.25. The molecular weight excluding hydrogens is 391 g/mol. The second-order valence-corrected chi connectivity index (χ2v) is 8.64. The Morgan fingerprint density at radius 1 is 1.27 bits per heavy atom. The molecule has 0 atom stereocenters. The van der Waals surface area contributed by atoms with Gasteiger partial charge in [0.15, 0.2) is 4.47 Å². The molecule has 8 heteroatoms. The number of benzene rings is 1. The molecule has 1 saturated heterocycles. The predicted molar refractivity (Wildman–Crippen MR) is 110 cm³/mol. The fraction of sp³-hybridized carbons (Fsp3) is 0.444. The van der Waals surface area contributed by atoms with Crippen molar-refractivity contribution in [2.45, 2.75) is 20.4 Å². The summed E-state index contributed by atoms with van der Waals surface area (Å²) in [5.74, 6) is 0.245. The molecule has 26 heavy (non-hydrogen) atoms. The number of anilines is 2. The van der Waals surface area contributed by atoms with Gasteiger partial charge in [-0.1, -0.05) is 43.1 Å². The average Bonchev–Trinajstić information content (AvgIpc) is 3.05. The number of halogens is 2. The van der Waals surface area contributed by atoms with E-state index in [2.05, 4.69) is 15.2 Å². The highest BCUT2D eigenvalue weighted by Crippen LogP contribution is 2.35. The van der Waals surface area contributed by atoms with Gasteiger partial charge >= 0.3 is 0 Å². The number of nitrogens with one attached hydrogen (secondary N) is 1. The molecule has 1 aromatic heterocycles. The summed E-state index contributed by atoms with van der Waals surface area (Å²) in [6.07, 6.45) is 1.78. The average molecular weight is 413 g/mol. The van der Waals surface area contributed by atoms with E-state index in [9.17, 15) is 4.79 Å². The number of hydrogen-bond donors (Lipinski definition) is 1. The summed E-state index contributed by atoms with van der Waals surface area (Å²) in [5.41, 5.74) is 1.96. The number of carbonyl (C=O) groups excluding carboxylic acids is 1. The number of aromatic nitrogens is 1. The van der Waals surface area contributed by atoms with Gasteiger partial charge in [0.25, 0.3) is 0 Å². The van der Waals surface area contributed by atoms with Crippen LogP contribution in [0.3, 0.4) is 0 Å². The fourth-order valence-electron chi connectivity index (χ4n) is 3.04. The molecule has 1 aliphatic heterocycles. The molecule has 0 unspecified atom stereocenters. The summed E-state index contributed by atoms with van der Waals surface area (Å²) in [5, 5.41) is 4.15. The van der Waals surface area contributed by atoms with Gasteiger partial charge in [0.05, 0.1) is 22.9 Å². The lowest BCUT2D eigenvalue weighted by Gasteiger charge is -2.38. The van der Waals surface area contributed by atoms with E-state index in [4.69, 9.17) is 23.2 Å². The van der Waals surface area contributed by atoms with E-state index >= 15 is 0 Å². The minimum Gasteiger partial charge on any atom is -0.378 e. The van der Waals surface area contributed by atoms with Crippen molar-refractivity contribution in [3.05, 3.63) is 38.8 Å². The molecule has 0 bridgehead atoms. The van der Waals surface area contributed by atoms with Gasteiger partial charge in [0, 0.05) is 43.2 Å². The zero-order valence-electron chi connectivity index (χ0n) is 14.8. The lowest BCUT2D eigenvalue weighted by Crippen LogP contribution is -2.50. The van der Waals surface area contributed by atoms with E-state index in [0.717, 1.165) is 29.3 Å². The number of nitrogens with zero attached hydrogens (tertiary/aromatic N) is 3. The molecule has 5 nitrogen and oxygen atoms in total. The summed E-state index contributed by atoms with van der Waals surface area (Å²) in [6, 6.07) is 5.86. The Labute approximate surface area is 167 Å². The maximum atomic E-state index is 12.2. The first kappa shape index (κ1) is 19.3. The van der Waals surface area contributed by atoms with Crippen LogP contribution in [0.15, 0.2) is 24.4 Å². The normalized spacial score (nSPS) is 14.8. The van der Waals surface area contributed by atoms with Crippen molar-refractivity contribution < 1.29 is 4.79 Å². The lowest BCUT2D eigenvalue weighted by molar-refractivity contribution is -0.134. The molecular formula is C18H22Cl2N4OS. The first-order valence-electron chi connectivity index (χ1n) is 8.62. The molecule has 0 saturated carbocycles. The zero-order valence-corrected chi connectivity index (χ0v) is 17.2. The summed E-state index contributed by atoms with van der Waals surface area (Å²) < 4.78 is 0.541.